The maximum atomic E-state index is 12.2. The van der Waals surface area contributed by atoms with Gasteiger partial charge in [0.05, 0.1) is 5.56 Å². The maximum absolute atomic E-state index is 12.2. The van der Waals surface area contributed by atoms with Gasteiger partial charge in [-0.25, -0.2) is 4.98 Å². The monoisotopic (exact) mass is 401 g/mol. The normalized spacial score (nSPS) is 11.1. The number of nitrogens with zero attached hydrogens (tertiary/aromatic N) is 2. The Bertz CT molecular complexity index is 757. The highest BCUT2D eigenvalue weighted by molar-refractivity contribution is 6.32. The van der Waals surface area contributed by atoms with Crippen LogP contribution in [-0.2, 0) is 0 Å². The number of alkyl halides is 3. The first-order valence-electron chi connectivity index (χ1n) is 8.16. The van der Waals surface area contributed by atoms with Crippen molar-refractivity contribution in [1.82, 2.24) is 10.3 Å². The summed E-state index contributed by atoms with van der Waals surface area (Å²) in [6, 6.07) is 11.1. The molecule has 0 radical (unpaired) electrons. The van der Waals surface area contributed by atoms with Gasteiger partial charge in [-0.2, -0.15) is 13.2 Å². The minimum atomic E-state index is -4.49. The molecule has 0 unspecified atom stereocenters. The van der Waals surface area contributed by atoms with Crippen LogP contribution in [0.25, 0.3) is 0 Å². The van der Waals surface area contributed by atoms with Gasteiger partial charge in [0, 0.05) is 32.0 Å². The number of carbonyl (C=O) groups is 1. The highest BCUT2D eigenvalue weighted by Gasteiger charge is 2.29. The van der Waals surface area contributed by atoms with Crippen molar-refractivity contribution in [2.75, 3.05) is 31.6 Å². The van der Waals surface area contributed by atoms with E-state index in [0.717, 1.165) is 18.4 Å². The molecular weight excluding hydrogens is 383 g/mol. The number of aromatic nitrogens is 1. The minimum Gasteiger partial charge on any atom is -0.467 e. The average Bonchev–Trinajstić information content (AvgIpc) is 2.63. The molecule has 9 heteroatoms. The molecule has 0 saturated carbocycles. The molecule has 146 valence electrons. The second-order valence-corrected chi connectivity index (χ2v) is 6.19. The molecule has 0 aliphatic rings. The number of carbonyl (C=O) groups excluding carboxylic acids is 1. The second kappa shape index (κ2) is 9.45. The van der Waals surface area contributed by atoms with Crippen molar-refractivity contribution in [2.24, 2.45) is 0 Å². The predicted molar refractivity (Wildman–Crippen MR) is 97.5 cm³/mol. The number of hydrogen-bond donors (Lipinski definition) is 1. The Morgan fingerprint density at radius 2 is 2.00 bits per heavy atom. The van der Waals surface area contributed by atoms with Crippen molar-refractivity contribution in [3.63, 3.8) is 0 Å². The van der Waals surface area contributed by atoms with Crippen molar-refractivity contribution >= 4 is 23.2 Å². The number of para-hydroxylation sites is 1. The third-order valence-electron chi connectivity index (χ3n) is 3.59. The van der Waals surface area contributed by atoms with Crippen LogP contribution in [0.2, 0.25) is 5.02 Å². The van der Waals surface area contributed by atoms with Gasteiger partial charge in [0.2, 0.25) is 5.88 Å². The standard InChI is InChI=1S/C18H19ClF3N3O2/c1-25(14-6-3-2-4-7-14)9-5-8-23-16(26)13-10-15(19)17(24-11-13)27-12-18(20,21)22/h2-4,6-7,10-11H,5,8-9,12H2,1H3,(H,23,26). The minimum absolute atomic E-state index is 0.149. The molecule has 5 nitrogen and oxygen atoms in total. The van der Waals surface area contributed by atoms with Crippen molar-refractivity contribution < 1.29 is 22.7 Å². The van der Waals surface area contributed by atoms with Crippen molar-refractivity contribution in [1.29, 1.82) is 0 Å². The molecule has 27 heavy (non-hydrogen) atoms. The van der Waals surface area contributed by atoms with E-state index in [1.165, 1.54) is 6.07 Å². The molecule has 0 aliphatic heterocycles. The van der Waals surface area contributed by atoms with E-state index in [1.807, 2.05) is 37.4 Å². The summed E-state index contributed by atoms with van der Waals surface area (Å²) in [6.07, 6.45) is -2.65. The molecule has 1 N–H and O–H groups in total. The van der Waals surface area contributed by atoms with Gasteiger partial charge in [-0.15, -0.1) is 0 Å². The van der Waals surface area contributed by atoms with E-state index in [0.29, 0.717) is 13.0 Å². The van der Waals surface area contributed by atoms with E-state index in [9.17, 15) is 18.0 Å². The summed E-state index contributed by atoms with van der Waals surface area (Å²) in [5.74, 6) is -0.774. The van der Waals surface area contributed by atoms with Gasteiger partial charge < -0.3 is 15.0 Å². The van der Waals surface area contributed by atoms with E-state index in [1.54, 1.807) is 0 Å². The number of anilines is 1. The highest BCUT2D eigenvalue weighted by atomic mass is 35.5. The third kappa shape index (κ3) is 6.97. The number of pyridine rings is 1. The Kier molecular flexibility index (Phi) is 7.29. The number of amides is 1. The van der Waals surface area contributed by atoms with Crippen LogP contribution in [0.5, 0.6) is 5.88 Å². The van der Waals surface area contributed by atoms with Gasteiger partial charge in [0.25, 0.3) is 5.91 Å². The number of hydrogen-bond acceptors (Lipinski definition) is 4. The van der Waals surface area contributed by atoms with Crippen LogP contribution in [0, 0.1) is 0 Å². The molecule has 0 spiro atoms. The van der Waals surface area contributed by atoms with Crippen molar-refractivity contribution in [3.8, 4) is 5.88 Å². The van der Waals surface area contributed by atoms with Crippen LogP contribution >= 0.6 is 11.6 Å². The van der Waals surface area contributed by atoms with E-state index in [2.05, 4.69) is 19.9 Å². The summed E-state index contributed by atoms with van der Waals surface area (Å²) in [4.78, 5) is 17.8. The average molecular weight is 402 g/mol. The first-order valence-corrected chi connectivity index (χ1v) is 8.53. The van der Waals surface area contributed by atoms with Gasteiger partial charge in [0.1, 0.15) is 5.02 Å². The van der Waals surface area contributed by atoms with Crippen LogP contribution in [0.15, 0.2) is 42.6 Å². The fourth-order valence-corrected chi connectivity index (χ4v) is 2.46. The van der Waals surface area contributed by atoms with E-state index in [4.69, 9.17) is 11.6 Å². The first-order chi connectivity index (χ1) is 12.8. The van der Waals surface area contributed by atoms with Gasteiger partial charge in [0.15, 0.2) is 6.61 Å². The van der Waals surface area contributed by atoms with Crippen LogP contribution in [0.3, 0.4) is 0 Å². The number of benzene rings is 1. The fraction of sp³-hybridized carbons (Fsp3) is 0.333. The second-order valence-electron chi connectivity index (χ2n) is 5.78. The molecule has 0 saturated heterocycles. The molecule has 1 aromatic carbocycles. The molecule has 1 aromatic heterocycles. The van der Waals surface area contributed by atoms with Gasteiger partial charge in [-0.05, 0) is 24.6 Å². The summed E-state index contributed by atoms with van der Waals surface area (Å²) in [7, 11) is 1.96. The molecule has 0 atom stereocenters. The van der Waals surface area contributed by atoms with Crippen LogP contribution in [-0.4, -0.2) is 43.8 Å². The van der Waals surface area contributed by atoms with Crippen molar-refractivity contribution in [2.45, 2.75) is 12.6 Å². The summed E-state index contributed by atoms with van der Waals surface area (Å²) in [6.45, 7) is -0.326. The lowest BCUT2D eigenvalue weighted by Gasteiger charge is -2.19. The molecule has 0 bridgehead atoms. The Balaban J connectivity index is 1.79. The topological polar surface area (TPSA) is 54.5 Å². The Labute approximate surface area is 160 Å². The number of halogens is 4. The van der Waals surface area contributed by atoms with Crippen LogP contribution in [0.4, 0.5) is 18.9 Å². The summed E-state index contributed by atoms with van der Waals surface area (Å²) in [5, 5.41) is 2.57. The molecule has 1 amide bonds. The molecule has 2 rings (SSSR count). The molecule has 0 fully saturated rings. The predicted octanol–water partition coefficient (Wildman–Crippen LogP) is 3.93. The summed E-state index contributed by atoms with van der Waals surface area (Å²) < 4.78 is 41.0. The van der Waals surface area contributed by atoms with Crippen molar-refractivity contribution in [3.05, 3.63) is 53.2 Å². The lowest BCUT2D eigenvalue weighted by Crippen LogP contribution is -2.28. The first kappa shape index (κ1) is 20.8. The molecule has 2 aromatic rings. The van der Waals surface area contributed by atoms with E-state index >= 15 is 0 Å². The van der Waals surface area contributed by atoms with Gasteiger partial charge in [-0.1, -0.05) is 29.8 Å². The Hall–Kier alpha value is -2.48. The number of rotatable bonds is 8. The van der Waals surface area contributed by atoms with Gasteiger partial charge >= 0.3 is 6.18 Å². The summed E-state index contributed by atoms with van der Waals surface area (Å²) in [5.41, 5.74) is 1.23. The molecular formula is C18H19ClF3N3O2. The lowest BCUT2D eigenvalue weighted by atomic mass is 10.2. The zero-order chi connectivity index (χ0) is 19.9. The van der Waals surface area contributed by atoms with E-state index in [-0.39, 0.29) is 16.5 Å². The Morgan fingerprint density at radius 3 is 2.63 bits per heavy atom. The van der Waals surface area contributed by atoms with Crippen LogP contribution < -0.4 is 15.0 Å². The SMILES string of the molecule is CN(CCCNC(=O)c1cnc(OCC(F)(F)F)c(Cl)c1)c1ccccc1. The zero-order valence-electron chi connectivity index (χ0n) is 14.6. The highest BCUT2D eigenvalue weighted by Crippen LogP contribution is 2.25. The number of nitrogens with one attached hydrogen (secondary N) is 1. The number of ether oxygens (including phenoxy) is 1. The quantitative estimate of drug-likeness (QED) is 0.681. The molecule has 1 heterocycles. The summed E-state index contributed by atoms with van der Waals surface area (Å²) >= 11 is 5.83. The van der Waals surface area contributed by atoms with Crippen LogP contribution in [0.1, 0.15) is 16.8 Å². The third-order valence-corrected chi connectivity index (χ3v) is 3.87. The molecule has 0 aliphatic carbocycles. The van der Waals surface area contributed by atoms with E-state index < -0.39 is 18.7 Å². The maximum Gasteiger partial charge on any atom is 0.422 e. The lowest BCUT2D eigenvalue weighted by molar-refractivity contribution is -0.154. The van der Waals surface area contributed by atoms with Gasteiger partial charge in [-0.3, -0.25) is 4.79 Å². The largest absolute Gasteiger partial charge is 0.467 e. The zero-order valence-corrected chi connectivity index (χ0v) is 15.3. The fourth-order valence-electron chi connectivity index (χ4n) is 2.24. The Morgan fingerprint density at radius 1 is 1.30 bits per heavy atom. The smallest absolute Gasteiger partial charge is 0.422 e.